The fraction of sp³-hybridized carbons (Fsp3) is 0.273. The molecule has 1 aliphatic rings. The Kier molecular flexibility index (Phi) is 9.13. The summed E-state index contributed by atoms with van der Waals surface area (Å²) in [7, 11) is 0. The number of hydrogen-bond donors (Lipinski definition) is 2. The largest absolute Gasteiger partial charge is 0.492 e. The monoisotopic (exact) mass is 534 g/mol. The Morgan fingerprint density at radius 2 is 1.65 bits per heavy atom. The lowest BCUT2D eigenvalue weighted by atomic mass is 10.1. The van der Waals surface area contributed by atoms with Crippen molar-refractivity contribution >= 4 is 22.5 Å². The summed E-state index contributed by atoms with van der Waals surface area (Å²) in [5.41, 5.74) is 3.04. The number of piperidine rings is 1. The van der Waals surface area contributed by atoms with E-state index >= 15 is 0 Å². The third kappa shape index (κ3) is 7.10. The van der Waals surface area contributed by atoms with Crippen molar-refractivity contribution in [2.75, 3.05) is 31.6 Å². The van der Waals surface area contributed by atoms with Crippen LogP contribution in [0.25, 0.3) is 10.8 Å². The first-order valence-electron chi connectivity index (χ1n) is 13.8. The molecule has 0 unspecified atom stereocenters. The van der Waals surface area contributed by atoms with E-state index < -0.39 is 0 Å². The molecule has 0 atom stereocenters. The third-order valence-electron chi connectivity index (χ3n) is 7.14. The summed E-state index contributed by atoms with van der Waals surface area (Å²) in [5.74, 6) is 1.38. The van der Waals surface area contributed by atoms with Gasteiger partial charge in [-0.15, -0.1) is 0 Å². The number of anilines is 1. The smallest absolute Gasteiger partial charge is 0.319 e. The summed E-state index contributed by atoms with van der Waals surface area (Å²) in [6, 6.07) is 28.8. The molecule has 1 saturated heterocycles. The van der Waals surface area contributed by atoms with Crippen molar-refractivity contribution in [1.82, 2.24) is 10.2 Å². The van der Waals surface area contributed by atoms with Crippen LogP contribution in [-0.2, 0) is 13.2 Å². The maximum absolute atomic E-state index is 12.6. The number of amides is 2. The van der Waals surface area contributed by atoms with Gasteiger partial charge in [-0.1, -0.05) is 67.1 Å². The minimum atomic E-state index is -0.278. The fourth-order valence-corrected chi connectivity index (χ4v) is 4.96. The average Bonchev–Trinajstić information content (AvgIpc) is 3.01. The fourth-order valence-electron chi connectivity index (χ4n) is 4.96. The average molecular weight is 535 g/mol. The summed E-state index contributed by atoms with van der Waals surface area (Å²) in [6.45, 7) is 4.46. The van der Waals surface area contributed by atoms with E-state index in [1.807, 2.05) is 78.9 Å². The topological polar surface area (TPSA) is 86.6 Å². The number of carbonyl (C=O) groups is 1. The second-order valence-corrected chi connectivity index (χ2v) is 9.92. The van der Waals surface area contributed by atoms with Crippen LogP contribution in [0.3, 0.4) is 0 Å². The van der Waals surface area contributed by atoms with Gasteiger partial charge in [0.05, 0.1) is 17.3 Å². The van der Waals surface area contributed by atoms with Crippen molar-refractivity contribution < 1.29 is 14.3 Å². The molecule has 2 N–H and O–H groups in total. The first kappa shape index (κ1) is 27.0. The minimum absolute atomic E-state index is 0.241. The van der Waals surface area contributed by atoms with Crippen LogP contribution in [0.15, 0.2) is 84.9 Å². The van der Waals surface area contributed by atoms with E-state index in [1.54, 1.807) is 6.07 Å². The number of ether oxygens (including phenoxy) is 2. The van der Waals surface area contributed by atoms with Crippen LogP contribution >= 0.6 is 0 Å². The van der Waals surface area contributed by atoms with E-state index in [-0.39, 0.29) is 12.6 Å². The summed E-state index contributed by atoms with van der Waals surface area (Å²) >= 11 is 0. The maximum atomic E-state index is 12.6. The molecular weight excluding hydrogens is 500 g/mol. The molecule has 204 valence electrons. The van der Waals surface area contributed by atoms with E-state index in [9.17, 15) is 10.1 Å². The number of likely N-dealkylation sites (tertiary alicyclic amines) is 1. The van der Waals surface area contributed by atoms with Crippen LogP contribution in [0.5, 0.6) is 11.5 Å². The first-order chi connectivity index (χ1) is 19.7. The minimum Gasteiger partial charge on any atom is -0.492 e. The molecule has 0 aliphatic carbocycles. The zero-order valence-corrected chi connectivity index (χ0v) is 22.6. The lowest BCUT2D eigenvalue weighted by Gasteiger charge is -2.26. The highest BCUT2D eigenvalue weighted by Crippen LogP contribution is 2.32. The molecular formula is C33H34N4O3. The number of rotatable bonds is 10. The Morgan fingerprint density at radius 3 is 2.45 bits per heavy atom. The van der Waals surface area contributed by atoms with Gasteiger partial charge < -0.3 is 20.1 Å². The lowest BCUT2D eigenvalue weighted by Crippen LogP contribution is -2.33. The molecule has 0 spiro atoms. The zero-order chi connectivity index (χ0) is 27.6. The van der Waals surface area contributed by atoms with Gasteiger partial charge in [0.2, 0.25) is 0 Å². The summed E-state index contributed by atoms with van der Waals surface area (Å²) < 4.78 is 12.1. The number of urea groups is 1. The molecule has 5 rings (SSSR count). The van der Waals surface area contributed by atoms with E-state index in [0.29, 0.717) is 35.9 Å². The molecule has 7 nitrogen and oxygen atoms in total. The van der Waals surface area contributed by atoms with Gasteiger partial charge in [-0.25, -0.2) is 4.79 Å². The first-order valence-corrected chi connectivity index (χ1v) is 13.8. The molecule has 40 heavy (non-hydrogen) atoms. The Labute approximate surface area is 235 Å². The van der Waals surface area contributed by atoms with E-state index in [1.165, 1.54) is 19.3 Å². The molecule has 4 aromatic rings. The lowest BCUT2D eigenvalue weighted by molar-refractivity contribution is 0.183. The SMILES string of the molecule is N#Cc1cc(OCCN2CCCCC2)ccc1COc1ccc(NC(=O)NCc2ccccc2)c2ccccc12. The van der Waals surface area contributed by atoms with Gasteiger partial charge in [0.15, 0.2) is 0 Å². The Morgan fingerprint density at radius 1 is 0.875 bits per heavy atom. The second-order valence-electron chi connectivity index (χ2n) is 9.92. The van der Waals surface area contributed by atoms with Crippen molar-refractivity contribution in [1.29, 1.82) is 5.26 Å². The number of benzene rings is 4. The Balaban J connectivity index is 1.21. The molecule has 2 amide bonds. The van der Waals surface area contributed by atoms with Crippen LogP contribution in [0, 0.1) is 11.3 Å². The number of nitriles is 1. The van der Waals surface area contributed by atoms with Crippen molar-refractivity contribution in [3.63, 3.8) is 0 Å². The van der Waals surface area contributed by atoms with Crippen LogP contribution in [0.2, 0.25) is 0 Å². The Bertz CT molecular complexity index is 1480. The standard InChI is InChI=1S/C33H34N4O3/c34-22-27-21-28(39-20-19-37-17-7-2-8-18-37)14-13-26(27)24-40-32-16-15-31(29-11-5-6-12-30(29)32)36-33(38)35-23-25-9-3-1-4-10-25/h1,3-6,9-16,21H,2,7-8,17-20,23-24H2,(H2,35,36,38). The molecule has 1 fully saturated rings. The molecule has 1 aliphatic heterocycles. The van der Waals surface area contributed by atoms with Crippen molar-refractivity contribution in [3.05, 3.63) is 102 Å². The highest BCUT2D eigenvalue weighted by molar-refractivity contribution is 6.03. The van der Waals surface area contributed by atoms with Gasteiger partial charge in [0.25, 0.3) is 0 Å². The number of nitrogens with one attached hydrogen (secondary N) is 2. The summed E-state index contributed by atoms with van der Waals surface area (Å²) in [4.78, 5) is 15.0. The highest BCUT2D eigenvalue weighted by atomic mass is 16.5. The second kappa shape index (κ2) is 13.5. The number of fused-ring (bicyclic) bond motifs is 1. The molecule has 0 aromatic heterocycles. The van der Waals surface area contributed by atoms with Crippen LogP contribution in [0.1, 0.15) is 36.0 Å². The highest BCUT2D eigenvalue weighted by Gasteiger charge is 2.13. The zero-order valence-electron chi connectivity index (χ0n) is 22.6. The van der Waals surface area contributed by atoms with Crippen molar-refractivity contribution in [2.24, 2.45) is 0 Å². The molecule has 0 bridgehead atoms. The summed E-state index contributed by atoms with van der Waals surface area (Å²) in [6.07, 6.45) is 3.83. The van der Waals surface area contributed by atoms with Crippen LogP contribution < -0.4 is 20.1 Å². The molecule has 4 aromatic carbocycles. The molecule has 0 saturated carbocycles. The van der Waals surface area contributed by atoms with Crippen LogP contribution in [0.4, 0.5) is 10.5 Å². The predicted molar refractivity (Wildman–Crippen MR) is 158 cm³/mol. The number of carbonyl (C=O) groups excluding carboxylic acids is 1. The van der Waals surface area contributed by atoms with E-state index in [2.05, 4.69) is 21.6 Å². The molecule has 7 heteroatoms. The van der Waals surface area contributed by atoms with E-state index in [4.69, 9.17) is 9.47 Å². The van der Waals surface area contributed by atoms with Gasteiger partial charge in [0, 0.05) is 29.4 Å². The van der Waals surface area contributed by atoms with Crippen molar-refractivity contribution in [3.8, 4) is 17.6 Å². The van der Waals surface area contributed by atoms with Gasteiger partial charge in [-0.3, -0.25) is 4.90 Å². The molecule has 0 radical (unpaired) electrons. The van der Waals surface area contributed by atoms with E-state index in [0.717, 1.165) is 41.5 Å². The third-order valence-corrected chi connectivity index (χ3v) is 7.14. The Hall–Kier alpha value is -4.54. The van der Waals surface area contributed by atoms with Gasteiger partial charge in [0.1, 0.15) is 24.7 Å². The van der Waals surface area contributed by atoms with Crippen LogP contribution in [-0.4, -0.2) is 37.2 Å². The molecule has 1 heterocycles. The van der Waals surface area contributed by atoms with Gasteiger partial charge in [-0.05, 0) is 55.8 Å². The van der Waals surface area contributed by atoms with Crippen molar-refractivity contribution in [2.45, 2.75) is 32.4 Å². The predicted octanol–water partition coefficient (Wildman–Crippen LogP) is 6.48. The van der Waals surface area contributed by atoms with Gasteiger partial charge in [-0.2, -0.15) is 5.26 Å². The maximum Gasteiger partial charge on any atom is 0.319 e. The number of nitrogens with zero attached hydrogens (tertiary/aromatic N) is 2. The summed E-state index contributed by atoms with van der Waals surface area (Å²) in [5, 5.41) is 17.4. The van der Waals surface area contributed by atoms with Gasteiger partial charge >= 0.3 is 6.03 Å². The quantitative estimate of drug-likeness (QED) is 0.243. The number of hydrogen-bond acceptors (Lipinski definition) is 5. The normalized spacial score (nSPS) is 13.4.